The largest absolute Gasteiger partial charge is 0.450 e. The summed E-state index contributed by atoms with van der Waals surface area (Å²) in [6.45, 7) is 9.04. The van der Waals surface area contributed by atoms with Gasteiger partial charge in [-0.15, -0.1) is 0 Å². The van der Waals surface area contributed by atoms with Crippen molar-refractivity contribution in [3.8, 4) is 0 Å². The van der Waals surface area contributed by atoms with Gasteiger partial charge in [0.2, 0.25) is 5.95 Å². The Hall–Kier alpha value is -2.83. The number of para-hydroxylation sites is 1. The first-order chi connectivity index (χ1) is 12.6. The van der Waals surface area contributed by atoms with Gasteiger partial charge in [-0.05, 0) is 38.0 Å². The van der Waals surface area contributed by atoms with Gasteiger partial charge in [0.15, 0.2) is 0 Å². The molecule has 7 nitrogen and oxygen atoms in total. The highest BCUT2D eigenvalue weighted by Crippen LogP contribution is 2.23. The molecule has 26 heavy (non-hydrogen) atoms. The van der Waals surface area contributed by atoms with Crippen molar-refractivity contribution >= 4 is 23.5 Å². The number of amides is 1. The third-order valence-electron chi connectivity index (χ3n) is 4.49. The monoisotopic (exact) mass is 355 g/mol. The first-order valence-corrected chi connectivity index (χ1v) is 8.91. The molecule has 0 bridgehead atoms. The molecule has 1 N–H and O–H groups in total. The fourth-order valence-corrected chi connectivity index (χ4v) is 3.04. The van der Waals surface area contributed by atoms with E-state index in [0.717, 1.165) is 35.7 Å². The van der Waals surface area contributed by atoms with E-state index in [9.17, 15) is 4.79 Å². The summed E-state index contributed by atoms with van der Waals surface area (Å²) in [6.07, 6.45) is 1.52. The molecule has 138 valence electrons. The van der Waals surface area contributed by atoms with Crippen LogP contribution in [-0.4, -0.2) is 53.7 Å². The van der Waals surface area contributed by atoms with Crippen molar-refractivity contribution < 1.29 is 9.53 Å². The number of nitrogens with one attached hydrogen (secondary N) is 1. The zero-order chi connectivity index (χ0) is 18.5. The Morgan fingerprint density at radius 1 is 1.15 bits per heavy atom. The van der Waals surface area contributed by atoms with E-state index in [-0.39, 0.29) is 6.09 Å². The molecule has 0 spiro atoms. The number of nitrogens with zero attached hydrogens (tertiary/aromatic N) is 4. The van der Waals surface area contributed by atoms with Gasteiger partial charge in [-0.3, -0.25) is 0 Å². The predicted octanol–water partition coefficient (Wildman–Crippen LogP) is 3.12. The maximum absolute atomic E-state index is 11.8. The lowest BCUT2D eigenvalue weighted by Gasteiger charge is -2.34. The van der Waals surface area contributed by atoms with Crippen LogP contribution in [0, 0.1) is 13.8 Å². The number of anilines is 3. The van der Waals surface area contributed by atoms with E-state index >= 15 is 0 Å². The van der Waals surface area contributed by atoms with Crippen molar-refractivity contribution in [1.82, 2.24) is 14.9 Å². The Labute approximate surface area is 154 Å². The molecule has 1 aromatic heterocycles. The third kappa shape index (κ3) is 4.04. The lowest BCUT2D eigenvalue weighted by molar-refractivity contribution is 0.105. The minimum atomic E-state index is -0.243. The molecule has 1 aliphatic rings. The van der Waals surface area contributed by atoms with Crippen LogP contribution >= 0.6 is 0 Å². The van der Waals surface area contributed by atoms with Crippen LogP contribution in [0.15, 0.2) is 30.5 Å². The van der Waals surface area contributed by atoms with Crippen LogP contribution in [0.2, 0.25) is 0 Å². The number of carbonyl (C=O) groups is 1. The van der Waals surface area contributed by atoms with Gasteiger partial charge in [0.25, 0.3) is 0 Å². The summed E-state index contributed by atoms with van der Waals surface area (Å²) in [5.41, 5.74) is 3.35. The lowest BCUT2D eigenvalue weighted by atomic mass is 10.1. The van der Waals surface area contributed by atoms with Gasteiger partial charge < -0.3 is 19.9 Å². The van der Waals surface area contributed by atoms with Crippen LogP contribution in [0.25, 0.3) is 0 Å². The number of aryl methyl sites for hydroxylation is 2. The topological polar surface area (TPSA) is 70.6 Å². The smallest absolute Gasteiger partial charge is 0.409 e. The predicted molar refractivity (Wildman–Crippen MR) is 102 cm³/mol. The SMILES string of the molecule is CCOC(=O)N1CCN(c2ccnc(Nc3c(C)cccc3C)n2)CC1. The second-order valence-corrected chi connectivity index (χ2v) is 6.30. The minimum Gasteiger partial charge on any atom is -0.450 e. The summed E-state index contributed by atoms with van der Waals surface area (Å²) in [5, 5.41) is 3.33. The number of ether oxygens (including phenoxy) is 1. The molecule has 1 saturated heterocycles. The number of hydrogen-bond acceptors (Lipinski definition) is 6. The average molecular weight is 355 g/mol. The van der Waals surface area contributed by atoms with Crippen molar-refractivity contribution in [1.29, 1.82) is 0 Å². The summed E-state index contributed by atoms with van der Waals surface area (Å²) < 4.78 is 5.06. The standard InChI is InChI=1S/C19H25N5O2/c1-4-26-19(25)24-12-10-23(11-13-24)16-8-9-20-18(21-16)22-17-14(2)6-5-7-15(17)3/h5-9H,4,10-13H2,1-3H3,(H,20,21,22). The van der Waals surface area contributed by atoms with Crippen molar-refractivity contribution in [2.24, 2.45) is 0 Å². The molecule has 0 aliphatic carbocycles. The maximum Gasteiger partial charge on any atom is 0.409 e. The van der Waals surface area contributed by atoms with Crippen molar-refractivity contribution in [3.63, 3.8) is 0 Å². The summed E-state index contributed by atoms with van der Waals surface area (Å²) in [4.78, 5) is 24.7. The van der Waals surface area contributed by atoms with Crippen LogP contribution in [0.3, 0.4) is 0 Å². The molecule has 0 saturated carbocycles. The Morgan fingerprint density at radius 3 is 2.50 bits per heavy atom. The molecule has 2 aromatic rings. The van der Waals surface area contributed by atoms with Crippen LogP contribution in [0.4, 0.5) is 22.2 Å². The van der Waals surface area contributed by atoms with Gasteiger partial charge >= 0.3 is 6.09 Å². The summed E-state index contributed by atoms with van der Waals surface area (Å²) in [5.74, 6) is 1.44. The van der Waals surface area contributed by atoms with Crippen molar-refractivity contribution in [2.45, 2.75) is 20.8 Å². The zero-order valence-electron chi connectivity index (χ0n) is 15.5. The van der Waals surface area contributed by atoms with E-state index in [0.29, 0.717) is 25.6 Å². The van der Waals surface area contributed by atoms with Gasteiger partial charge in [-0.2, -0.15) is 4.98 Å². The molecule has 1 fully saturated rings. The summed E-state index contributed by atoms with van der Waals surface area (Å²) in [6, 6.07) is 8.06. The van der Waals surface area contributed by atoms with Gasteiger partial charge in [0.05, 0.1) is 6.61 Å². The third-order valence-corrected chi connectivity index (χ3v) is 4.49. The quantitative estimate of drug-likeness (QED) is 0.909. The average Bonchev–Trinajstić information content (AvgIpc) is 2.65. The van der Waals surface area contributed by atoms with Crippen LogP contribution in [0.1, 0.15) is 18.1 Å². The molecule has 0 radical (unpaired) electrons. The number of carbonyl (C=O) groups excluding carboxylic acids is 1. The number of rotatable bonds is 4. The normalized spacial score (nSPS) is 14.3. The second-order valence-electron chi connectivity index (χ2n) is 6.30. The van der Waals surface area contributed by atoms with Gasteiger partial charge in [-0.25, -0.2) is 9.78 Å². The molecule has 3 rings (SSSR count). The number of benzene rings is 1. The fraction of sp³-hybridized carbons (Fsp3) is 0.421. The van der Waals surface area contributed by atoms with Crippen molar-refractivity contribution in [3.05, 3.63) is 41.6 Å². The van der Waals surface area contributed by atoms with E-state index in [2.05, 4.69) is 46.2 Å². The van der Waals surface area contributed by atoms with E-state index < -0.39 is 0 Å². The van der Waals surface area contributed by atoms with Crippen LogP contribution in [0.5, 0.6) is 0 Å². The Morgan fingerprint density at radius 2 is 1.85 bits per heavy atom. The zero-order valence-corrected chi connectivity index (χ0v) is 15.5. The van der Waals surface area contributed by atoms with E-state index in [1.165, 1.54) is 0 Å². The van der Waals surface area contributed by atoms with Gasteiger partial charge in [0, 0.05) is 38.1 Å². The van der Waals surface area contributed by atoms with Gasteiger partial charge in [-0.1, -0.05) is 18.2 Å². The summed E-state index contributed by atoms with van der Waals surface area (Å²) in [7, 11) is 0. The number of aromatic nitrogens is 2. The molecule has 7 heteroatoms. The number of hydrogen-bond donors (Lipinski definition) is 1. The Bertz CT molecular complexity index is 752. The Balaban J connectivity index is 1.68. The van der Waals surface area contributed by atoms with Crippen LogP contribution in [-0.2, 0) is 4.74 Å². The highest BCUT2D eigenvalue weighted by Gasteiger charge is 2.22. The molecular weight excluding hydrogens is 330 g/mol. The highest BCUT2D eigenvalue weighted by molar-refractivity contribution is 5.68. The first kappa shape index (κ1) is 18.0. The van der Waals surface area contributed by atoms with E-state index in [4.69, 9.17) is 4.74 Å². The van der Waals surface area contributed by atoms with Crippen LogP contribution < -0.4 is 10.2 Å². The summed E-state index contributed by atoms with van der Waals surface area (Å²) >= 11 is 0. The van der Waals surface area contributed by atoms with Gasteiger partial charge in [0.1, 0.15) is 5.82 Å². The molecule has 1 aromatic carbocycles. The fourth-order valence-electron chi connectivity index (χ4n) is 3.04. The highest BCUT2D eigenvalue weighted by atomic mass is 16.6. The minimum absolute atomic E-state index is 0.243. The number of piperazine rings is 1. The van der Waals surface area contributed by atoms with E-state index in [1.807, 2.05) is 19.1 Å². The van der Waals surface area contributed by atoms with E-state index in [1.54, 1.807) is 11.1 Å². The molecule has 1 amide bonds. The molecule has 2 heterocycles. The van der Waals surface area contributed by atoms with Crippen molar-refractivity contribution in [2.75, 3.05) is 43.0 Å². The molecule has 0 atom stereocenters. The maximum atomic E-state index is 11.8. The second kappa shape index (κ2) is 8.03. The molecular formula is C19H25N5O2. The molecule has 0 unspecified atom stereocenters. The first-order valence-electron chi connectivity index (χ1n) is 8.91. The lowest BCUT2D eigenvalue weighted by Crippen LogP contribution is -2.49. The molecule has 1 aliphatic heterocycles. The Kier molecular flexibility index (Phi) is 5.55.